The molecule has 0 radical (unpaired) electrons. The number of thiazole rings is 1. The lowest BCUT2D eigenvalue weighted by Crippen LogP contribution is -2.71. The predicted octanol–water partition coefficient (Wildman–Crippen LogP) is -0.102. The maximum absolute atomic E-state index is 13.0. The van der Waals surface area contributed by atoms with Crippen LogP contribution in [0.3, 0.4) is 0 Å². The Bertz CT molecular complexity index is 1170. The zero-order chi connectivity index (χ0) is 24.4. The Morgan fingerprint density at radius 2 is 2.32 bits per heavy atom. The Balaban J connectivity index is 1.52. The zero-order valence-electron chi connectivity index (χ0n) is 17.8. The molecule has 14 nitrogen and oxygen atoms in total. The molecule has 0 aromatic carbocycles. The van der Waals surface area contributed by atoms with E-state index in [1.807, 2.05) is 0 Å². The number of fused-ring (bicyclic) bond motifs is 1. The fourth-order valence-electron chi connectivity index (χ4n) is 3.33. The van der Waals surface area contributed by atoms with Crippen molar-refractivity contribution >= 4 is 63.5 Å². The number of β-lactam (4-membered cyclic amide) rings is 1. The van der Waals surface area contributed by atoms with E-state index in [4.69, 9.17) is 10.6 Å². The summed E-state index contributed by atoms with van der Waals surface area (Å²) in [4.78, 5) is 48.2. The summed E-state index contributed by atoms with van der Waals surface area (Å²) in [5.41, 5.74) is 6.21. The predicted molar refractivity (Wildman–Crippen MR) is 124 cm³/mol. The topological polar surface area (TPSA) is 202 Å². The van der Waals surface area contributed by atoms with E-state index in [9.17, 15) is 19.5 Å². The number of aromatic nitrogens is 5. The van der Waals surface area contributed by atoms with Crippen molar-refractivity contribution in [1.29, 1.82) is 0 Å². The first-order chi connectivity index (χ1) is 16.3. The minimum absolute atomic E-state index is 0.0989. The van der Waals surface area contributed by atoms with Gasteiger partial charge in [0.25, 0.3) is 11.8 Å². The molecule has 0 aliphatic carbocycles. The van der Waals surface area contributed by atoms with Gasteiger partial charge >= 0.3 is 5.97 Å². The molecule has 4 rings (SSSR count). The smallest absolute Gasteiger partial charge is 0.352 e. The lowest BCUT2D eigenvalue weighted by atomic mass is 10.0. The third-order valence-electron chi connectivity index (χ3n) is 4.85. The fraction of sp³-hybridized carbons (Fsp3) is 0.412. The number of amides is 2. The summed E-state index contributed by atoms with van der Waals surface area (Å²) in [5, 5.41) is 31.1. The van der Waals surface area contributed by atoms with Gasteiger partial charge in [-0.05, 0) is 24.6 Å². The van der Waals surface area contributed by atoms with Gasteiger partial charge in [-0.1, -0.05) is 16.9 Å². The van der Waals surface area contributed by atoms with Crippen LogP contribution in [0.5, 0.6) is 0 Å². The summed E-state index contributed by atoms with van der Waals surface area (Å²) in [7, 11) is 0. The minimum Gasteiger partial charge on any atom is -0.477 e. The number of carbonyl (C=O) groups excluding carboxylic acids is 2. The van der Waals surface area contributed by atoms with Crippen molar-refractivity contribution in [3.05, 3.63) is 22.3 Å². The highest BCUT2D eigenvalue weighted by Gasteiger charge is 2.55. The van der Waals surface area contributed by atoms with Crippen LogP contribution < -0.4 is 11.1 Å². The number of oxime groups is 1. The van der Waals surface area contributed by atoms with E-state index in [2.05, 4.69) is 36.1 Å². The standard InChI is InChI=1S/C17H19N9O5S3/c1-3-31-23-9(8-5-33-16(18)19-8)12(27)20-10-13(28)26-11(15(29)30)7(4-32-14(10)26)6(2)34-17-21-24-25-22-17/h5-6,10,14H,3-4H2,1-2H3,(H2,18,19)(H,20,27)(H,29,30)(H,21,22,24,25)/t6?,10-,14-/m1/s1. The minimum atomic E-state index is -1.23. The highest BCUT2D eigenvalue weighted by Crippen LogP contribution is 2.43. The molecule has 2 aromatic rings. The van der Waals surface area contributed by atoms with Crippen molar-refractivity contribution in [2.75, 3.05) is 18.1 Å². The number of thioether (sulfide) groups is 2. The van der Waals surface area contributed by atoms with Crippen molar-refractivity contribution in [2.24, 2.45) is 5.16 Å². The number of aromatic amines is 1. The first kappa shape index (κ1) is 24.0. The Labute approximate surface area is 204 Å². The van der Waals surface area contributed by atoms with Crippen molar-refractivity contribution in [2.45, 2.75) is 35.7 Å². The lowest BCUT2D eigenvalue weighted by molar-refractivity contribution is -0.150. The number of hydrogen-bond donors (Lipinski definition) is 4. The van der Waals surface area contributed by atoms with Crippen molar-refractivity contribution in [3.8, 4) is 0 Å². The number of nitrogens with zero attached hydrogens (tertiary/aromatic N) is 6. The number of nitrogen functional groups attached to an aromatic ring is 1. The summed E-state index contributed by atoms with van der Waals surface area (Å²) in [5.74, 6) is -2.09. The number of carboxylic acid groups (broad SMARTS) is 1. The number of aliphatic carboxylic acids is 1. The molecule has 34 heavy (non-hydrogen) atoms. The quantitative estimate of drug-likeness (QED) is 0.147. The summed E-state index contributed by atoms with van der Waals surface area (Å²) in [6, 6.07) is -0.934. The van der Waals surface area contributed by atoms with E-state index in [-0.39, 0.29) is 34.1 Å². The molecule has 17 heteroatoms. The normalized spacial score (nSPS) is 21.1. The van der Waals surface area contributed by atoms with Gasteiger partial charge in [-0.2, -0.15) is 5.21 Å². The lowest BCUT2D eigenvalue weighted by Gasteiger charge is -2.49. The van der Waals surface area contributed by atoms with Crippen molar-refractivity contribution in [1.82, 2.24) is 35.8 Å². The molecule has 0 saturated carbocycles. The number of nitrogens with one attached hydrogen (secondary N) is 2. The fourth-order valence-corrected chi connectivity index (χ4v) is 6.29. The summed E-state index contributed by atoms with van der Waals surface area (Å²) in [6.45, 7) is 3.73. The van der Waals surface area contributed by atoms with Crippen LogP contribution in [0.1, 0.15) is 19.5 Å². The number of tetrazole rings is 1. The van der Waals surface area contributed by atoms with Gasteiger partial charge in [0, 0.05) is 16.4 Å². The first-order valence-electron chi connectivity index (χ1n) is 9.85. The van der Waals surface area contributed by atoms with Gasteiger partial charge in [0.2, 0.25) is 5.16 Å². The van der Waals surface area contributed by atoms with E-state index >= 15 is 0 Å². The molecule has 3 atom stereocenters. The van der Waals surface area contributed by atoms with Gasteiger partial charge in [0.15, 0.2) is 10.8 Å². The Morgan fingerprint density at radius 3 is 2.94 bits per heavy atom. The number of rotatable bonds is 9. The summed E-state index contributed by atoms with van der Waals surface area (Å²) >= 11 is 3.71. The second kappa shape index (κ2) is 9.98. The van der Waals surface area contributed by atoms with E-state index < -0.39 is 29.2 Å². The van der Waals surface area contributed by atoms with Gasteiger partial charge in [-0.15, -0.1) is 33.3 Å². The molecule has 180 valence electrons. The number of hydrogen-bond acceptors (Lipinski definition) is 13. The van der Waals surface area contributed by atoms with Crippen LogP contribution in [0, 0.1) is 0 Å². The molecule has 1 fully saturated rings. The van der Waals surface area contributed by atoms with Crippen LogP contribution in [0.15, 0.2) is 27.0 Å². The molecule has 2 aromatic heterocycles. The van der Waals surface area contributed by atoms with Gasteiger partial charge in [0.1, 0.15) is 29.4 Å². The second-order valence-electron chi connectivity index (χ2n) is 6.92. The van der Waals surface area contributed by atoms with Crippen molar-refractivity contribution < 1.29 is 24.3 Å². The second-order valence-corrected chi connectivity index (χ2v) is 10.2. The van der Waals surface area contributed by atoms with Gasteiger partial charge in [-0.25, -0.2) is 9.78 Å². The highest BCUT2D eigenvalue weighted by molar-refractivity contribution is 8.01. The maximum atomic E-state index is 13.0. The van der Waals surface area contributed by atoms with Crippen molar-refractivity contribution in [3.63, 3.8) is 0 Å². The summed E-state index contributed by atoms with van der Waals surface area (Å²) < 4.78 is 0. The molecule has 1 unspecified atom stereocenters. The Kier molecular flexibility index (Phi) is 7.03. The van der Waals surface area contributed by atoms with E-state index in [0.717, 1.165) is 11.3 Å². The molecule has 0 spiro atoms. The van der Waals surface area contributed by atoms with E-state index in [0.29, 0.717) is 16.5 Å². The van der Waals surface area contributed by atoms with E-state index in [1.54, 1.807) is 19.2 Å². The SMILES string of the molecule is CCON=C(C(=O)N[C@@H]1C(=O)N2C(C(=O)O)=C(C(C)Sc3nn[nH]n3)CS[C@H]12)c1csc(N)n1. The molecular formula is C17H19N9O5S3. The molecule has 5 N–H and O–H groups in total. The van der Waals surface area contributed by atoms with Crippen LogP contribution >= 0.6 is 34.9 Å². The van der Waals surface area contributed by atoms with E-state index in [1.165, 1.54) is 28.4 Å². The zero-order valence-corrected chi connectivity index (χ0v) is 20.2. The van der Waals surface area contributed by atoms with Crippen LogP contribution in [0.25, 0.3) is 0 Å². The number of anilines is 1. The third-order valence-corrected chi connectivity index (χ3v) is 7.85. The average Bonchev–Trinajstić information content (AvgIpc) is 3.48. The highest BCUT2D eigenvalue weighted by atomic mass is 32.2. The van der Waals surface area contributed by atoms with Crippen LogP contribution in [0.4, 0.5) is 5.13 Å². The van der Waals surface area contributed by atoms with Gasteiger partial charge < -0.3 is 21.0 Å². The summed E-state index contributed by atoms with van der Waals surface area (Å²) in [6.07, 6.45) is 0. The van der Waals surface area contributed by atoms with Crippen LogP contribution in [0.2, 0.25) is 0 Å². The third kappa shape index (κ3) is 4.58. The molecule has 1 saturated heterocycles. The Morgan fingerprint density at radius 1 is 1.53 bits per heavy atom. The monoisotopic (exact) mass is 525 g/mol. The Hall–Kier alpha value is -3.18. The van der Waals surface area contributed by atoms with Crippen LogP contribution in [-0.4, -0.2) is 88.1 Å². The maximum Gasteiger partial charge on any atom is 0.352 e. The molecule has 4 heterocycles. The largest absolute Gasteiger partial charge is 0.477 e. The number of carbonyl (C=O) groups is 3. The molecule has 2 amide bonds. The van der Waals surface area contributed by atoms with Gasteiger partial charge in [-0.3, -0.25) is 14.5 Å². The molecule has 2 aliphatic heterocycles. The average molecular weight is 526 g/mol. The molecule has 0 bridgehead atoms. The number of nitrogens with two attached hydrogens (primary N) is 1. The number of H-pyrrole nitrogens is 1. The van der Waals surface area contributed by atoms with Gasteiger partial charge in [0.05, 0.1) is 0 Å². The first-order valence-corrected chi connectivity index (χ1v) is 12.7. The molecule has 2 aliphatic rings. The number of carboxylic acids is 1. The molecular weight excluding hydrogens is 506 g/mol. The van der Waals surface area contributed by atoms with Crippen LogP contribution in [-0.2, 0) is 19.2 Å².